The Morgan fingerprint density at radius 3 is 1.17 bits per heavy atom. The van der Waals surface area contributed by atoms with Crippen molar-refractivity contribution in [1.82, 2.24) is 15.0 Å². The molecule has 0 saturated heterocycles. The predicted octanol–water partition coefficient (Wildman–Crippen LogP) is 15.5. The van der Waals surface area contributed by atoms with Crippen molar-refractivity contribution in [3.63, 3.8) is 0 Å². The van der Waals surface area contributed by atoms with Crippen LogP contribution in [0.2, 0.25) is 0 Å². The molecule has 5 heteroatoms. The van der Waals surface area contributed by atoms with Crippen LogP contribution in [0.1, 0.15) is 5.56 Å². The molecule has 0 radical (unpaired) electrons. The van der Waals surface area contributed by atoms with Crippen molar-refractivity contribution >= 4 is 32.9 Å². The lowest BCUT2D eigenvalue weighted by Crippen LogP contribution is -2.00. The number of benzene rings is 10. The minimum atomic E-state index is 0.603. The highest BCUT2D eigenvalue weighted by atomic mass is 15.0. The predicted molar refractivity (Wildman–Crippen MR) is 267 cm³/mol. The largest absolute Gasteiger partial charge is 0.354 e. The molecule has 1 heterocycles. The van der Waals surface area contributed by atoms with Crippen molar-refractivity contribution in [2.45, 2.75) is 0 Å². The first-order valence-electron chi connectivity index (χ1n) is 21.6. The van der Waals surface area contributed by atoms with Gasteiger partial charge in [-0.2, -0.15) is 5.26 Å². The standard InChI is InChI=1S/C60H39N5/c61-39-51-38-48(32-35-57(51)62-52-18-8-3-9-19-52)41-24-22-40(23-25-41)46-30-33-53-49(36-46)16-10-20-55(53)56-21-11-17-50-37-47(31-34-54(50)56)42-26-28-45(29-27-42)60-64-58(43-12-4-1-5-13-43)63-59(65-60)44-14-6-2-7-15-44/h1-38,62H. The Balaban J connectivity index is 0.854. The van der Waals surface area contributed by atoms with Gasteiger partial charge in [-0.3, -0.25) is 0 Å². The van der Waals surface area contributed by atoms with E-state index in [0.29, 0.717) is 23.0 Å². The smallest absolute Gasteiger partial charge is 0.164 e. The Hall–Kier alpha value is -8.98. The van der Waals surface area contributed by atoms with E-state index < -0.39 is 0 Å². The third-order valence-corrected chi connectivity index (χ3v) is 12.0. The lowest BCUT2D eigenvalue weighted by atomic mass is 9.91. The molecule has 10 aromatic carbocycles. The van der Waals surface area contributed by atoms with E-state index >= 15 is 0 Å². The number of nitrogens with zero attached hydrogens (tertiary/aromatic N) is 4. The monoisotopic (exact) mass is 829 g/mol. The van der Waals surface area contributed by atoms with Gasteiger partial charge in [-0.15, -0.1) is 0 Å². The van der Waals surface area contributed by atoms with E-state index in [2.05, 4.69) is 139 Å². The van der Waals surface area contributed by atoms with Gasteiger partial charge in [0.1, 0.15) is 6.07 Å². The van der Waals surface area contributed by atoms with E-state index in [1.807, 2.05) is 103 Å². The molecule has 11 aromatic rings. The summed E-state index contributed by atoms with van der Waals surface area (Å²) in [5.74, 6) is 1.93. The van der Waals surface area contributed by atoms with Gasteiger partial charge < -0.3 is 5.32 Å². The zero-order chi connectivity index (χ0) is 43.5. The molecule has 0 aliphatic rings. The molecule has 5 nitrogen and oxygen atoms in total. The number of aromatic nitrogens is 3. The highest BCUT2D eigenvalue weighted by Crippen LogP contribution is 2.38. The first kappa shape index (κ1) is 38.9. The summed E-state index contributed by atoms with van der Waals surface area (Å²) in [7, 11) is 0. The van der Waals surface area contributed by atoms with Gasteiger partial charge in [-0.1, -0.05) is 194 Å². The fourth-order valence-corrected chi connectivity index (χ4v) is 8.60. The van der Waals surface area contributed by atoms with Gasteiger partial charge in [0.15, 0.2) is 17.5 Å². The summed E-state index contributed by atoms with van der Waals surface area (Å²) in [6.07, 6.45) is 0. The molecule has 0 fully saturated rings. The molecule has 11 rings (SSSR count). The maximum Gasteiger partial charge on any atom is 0.164 e. The van der Waals surface area contributed by atoms with E-state index in [4.69, 9.17) is 15.0 Å². The highest BCUT2D eigenvalue weighted by Gasteiger charge is 2.14. The summed E-state index contributed by atoms with van der Waals surface area (Å²) in [5, 5.41) is 18.1. The van der Waals surface area contributed by atoms with Crippen LogP contribution in [0.5, 0.6) is 0 Å². The second kappa shape index (κ2) is 17.1. The molecule has 1 N–H and O–H groups in total. The number of hydrogen-bond acceptors (Lipinski definition) is 5. The van der Waals surface area contributed by atoms with Crippen molar-refractivity contribution in [3.05, 3.63) is 236 Å². The topological polar surface area (TPSA) is 74.5 Å². The minimum Gasteiger partial charge on any atom is -0.354 e. The summed E-state index contributed by atoms with van der Waals surface area (Å²) in [5.41, 5.74) is 14.2. The first-order chi connectivity index (χ1) is 32.1. The van der Waals surface area contributed by atoms with Gasteiger partial charge in [-0.25, -0.2) is 15.0 Å². The Kier molecular flexibility index (Phi) is 10.2. The lowest BCUT2D eigenvalue weighted by Gasteiger charge is -2.13. The molecule has 0 amide bonds. The van der Waals surface area contributed by atoms with Crippen LogP contribution in [0.4, 0.5) is 11.4 Å². The number of nitrogens with one attached hydrogen (secondary N) is 1. The van der Waals surface area contributed by atoms with Crippen LogP contribution in [0, 0.1) is 11.3 Å². The number of anilines is 2. The van der Waals surface area contributed by atoms with Crippen molar-refractivity contribution < 1.29 is 0 Å². The molecule has 65 heavy (non-hydrogen) atoms. The van der Waals surface area contributed by atoms with Crippen molar-refractivity contribution in [2.24, 2.45) is 0 Å². The number of hydrogen-bond donors (Lipinski definition) is 1. The Morgan fingerprint density at radius 2 is 0.708 bits per heavy atom. The maximum absolute atomic E-state index is 9.95. The summed E-state index contributed by atoms with van der Waals surface area (Å²) >= 11 is 0. The van der Waals surface area contributed by atoms with Crippen LogP contribution in [-0.2, 0) is 0 Å². The fraction of sp³-hybridized carbons (Fsp3) is 0. The van der Waals surface area contributed by atoms with E-state index in [1.165, 1.54) is 32.7 Å². The Morgan fingerprint density at radius 1 is 0.323 bits per heavy atom. The lowest BCUT2D eigenvalue weighted by molar-refractivity contribution is 1.07. The molecule has 0 bridgehead atoms. The zero-order valence-corrected chi connectivity index (χ0v) is 35.2. The summed E-state index contributed by atoms with van der Waals surface area (Å²) < 4.78 is 0. The third kappa shape index (κ3) is 7.89. The second-order valence-electron chi connectivity index (χ2n) is 16.0. The molecular weight excluding hydrogens is 791 g/mol. The van der Waals surface area contributed by atoms with E-state index in [0.717, 1.165) is 61.4 Å². The molecule has 0 spiro atoms. The molecule has 0 atom stereocenters. The number of nitriles is 1. The van der Waals surface area contributed by atoms with Crippen LogP contribution in [0.3, 0.4) is 0 Å². The normalized spacial score (nSPS) is 11.1. The summed E-state index contributed by atoms with van der Waals surface area (Å²) in [4.78, 5) is 14.7. The van der Waals surface area contributed by atoms with Crippen molar-refractivity contribution in [3.8, 4) is 84.7 Å². The van der Waals surface area contributed by atoms with E-state index in [-0.39, 0.29) is 0 Å². The number of para-hydroxylation sites is 1. The molecule has 0 unspecified atom stereocenters. The Labute approximate surface area is 377 Å². The van der Waals surface area contributed by atoms with Gasteiger partial charge >= 0.3 is 0 Å². The summed E-state index contributed by atoms with van der Waals surface area (Å²) in [6, 6.07) is 82.1. The summed E-state index contributed by atoms with van der Waals surface area (Å²) in [6.45, 7) is 0. The quantitative estimate of drug-likeness (QED) is 0.157. The van der Waals surface area contributed by atoms with Crippen LogP contribution in [0.25, 0.3) is 100 Å². The van der Waals surface area contributed by atoms with Crippen LogP contribution in [0.15, 0.2) is 231 Å². The van der Waals surface area contributed by atoms with Crippen molar-refractivity contribution in [1.29, 1.82) is 5.26 Å². The molecule has 304 valence electrons. The molecule has 0 aliphatic carbocycles. The van der Waals surface area contributed by atoms with Crippen LogP contribution >= 0.6 is 0 Å². The Bertz CT molecular complexity index is 3490. The minimum absolute atomic E-state index is 0.603. The number of fused-ring (bicyclic) bond motifs is 2. The van der Waals surface area contributed by atoms with E-state index in [9.17, 15) is 5.26 Å². The molecule has 1 aromatic heterocycles. The van der Waals surface area contributed by atoms with Crippen LogP contribution in [-0.4, -0.2) is 15.0 Å². The van der Waals surface area contributed by atoms with Gasteiger partial charge in [0.05, 0.1) is 11.3 Å². The van der Waals surface area contributed by atoms with Gasteiger partial charge in [0, 0.05) is 22.4 Å². The van der Waals surface area contributed by atoms with E-state index in [1.54, 1.807) is 0 Å². The van der Waals surface area contributed by atoms with Gasteiger partial charge in [-0.05, 0) is 102 Å². The van der Waals surface area contributed by atoms with Gasteiger partial charge in [0.25, 0.3) is 0 Å². The second-order valence-corrected chi connectivity index (χ2v) is 16.0. The van der Waals surface area contributed by atoms with Gasteiger partial charge in [0.2, 0.25) is 0 Å². The average Bonchev–Trinajstić information content (AvgIpc) is 3.39. The number of rotatable bonds is 9. The van der Waals surface area contributed by atoms with Crippen LogP contribution < -0.4 is 5.32 Å². The molecule has 0 saturated carbocycles. The maximum atomic E-state index is 9.95. The highest BCUT2D eigenvalue weighted by molar-refractivity contribution is 6.07. The third-order valence-electron chi connectivity index (χ3n) is 12.0. The van der Waals surface area contributed by atoms with Crippen molar-refractivity contribution in [2.75, 3.05) is 5.32 Å². The first-order valence-corrected chi connectivity index (χ1v) is 21.6. The fourth-order valence-electron chi connectivity index (χ4n) is 8.60. The molecular formula is C60H39N5. The SMILES string of the molecule is N#Cc1cc(-c2ccc(-c3ccc4c(-c5cccc6cc(-c7ccc(-c8nc(-c9ccccc9)nc(-c9ccccc9)n8)cc7)ccc56)cccc4c3)cc2)ccc1Nc1ccccc1. The average molecular weight is 830 g/mol. The molecule has 0 aliphatic heterocycles. The zero-order valence-electron chi connectivity index (χ0n) is 35.2.